The highest BCUT2D eigenvalue weighted by molar-refractivity contribution is 7.90. The van der Waals surface area contributed by atoms with Gasteiger partial charge in [0, 0.05) is 11.8 Å². The van der Waals surface area contributed by atoms with Gasteiger partial charge in [0.25, 0.3) is 12.3 Å². The third kappa shape index (κ3) is 4.20. The van der Waals surface area contributed by atoms with Crippen LogP contribution in [-0.2, 0) is 9.84 Å². The van der Waals surface area contributed by atoms with Crippen molar-refractivity contribution < 1.29 is 26.5 Å². The zero-order valence-electron chi connectivity index (χ0n) is 13.5. The molecule has 0 aliphatic rings. The summed E-state index contributed by atoms with van der Waals surface area (Å²) in [5, 5.41) is 3.81. The molecule has 2 heterocycles. The first-order valence-corrected chi connectivity index (χ1v) is 9.23. The van der Waals surface area contributed by atoms with Crippen molar-refractivity contribution in [3.05, 3.63) is 42.6 Å². The van der Waals surface area contributed by atoms with Crippen LogP contribution in [0.25, 0.3) is 23.0 Å². The van der Waals surface area contributed by atoms with E-state index >= 15 is 0 Å². The maximum Gasteiger partial charge on any atom is 0.272 e. The second kappa shape index (κ2) is 7.16. The molecule has 7 nitrogen and oxygen atoms in total. The standard InChI is InChI=1S/C16H13F2N3O4S/c1-26(22,23)12-5-2-10(3-6-12)16-20-15(21-25-16)13-7-4-11(8-19-13)24-9-14(17)18/h2-8,14H,9H2,1H3. The van der Waals surface area contributed by atoms with Crippen molar-refractivity contribution in [1.82, 2.24) is 15.1 Å². The molecule has 0 aliphatic heterocycles. The Morgan fingerprint density at radius 2 is 1.88 bits per heavy atom. The maximum absolute atomic E-state index is 12.1. The molecule has 0 fully saturated rings. The van der Waals surface area contributed by atoms with E-state index in [-0.39, 0.29) is 22.4 Å². The molecule has 0 bridgehead atoms. The fourth-order valence-electron chi connectivity index (χ4n) is 2.05. The number of hydrogen-bond acceptors (Lipinski definition) is 7. The summed E-state index contributed by atoms with van der Waals surface area (Å²) < 4.78 is 57.2. The molecule has 0 saturated heterocycles. The Labute approximate surface area is 147 Å². The lowest BCUT2D eigenvalue weighted by Gasteiger charge is -2.04. The van der Waals surface area contributed by atoms with Gasteiger partial charge in [-0.25, -0.2) is 22.2 Å². The van der Waals surface area contributed by atoms with Crippen LogP contribution < -0.4 is 4.74 Å². The van der Waals surface area contributed by atoms with Crippen molar-refractivity contribution in [1.29, 1.82) is 0 Å². The van der Waals surface area contributed by atoms with Gasteiger partial charge in [0.2, 0.25) is 5.82 Å². The van der Waals surface area contributed by atoms with Crippen LogP contribution in [0.5, 0.6) is 5.75 Å². The predicted molar refractivity (Wildman–Crippen MR) is 87.6 cm³/mol. The SMILES string of the molecule is CS(=O)(=O)c1ccc(-c2nc(-c3ccc(OCC(F)F)cn3)no2)cc1. The molecule has 3 rings (SSSR count). The number of alkyl halides is 2. The first-order valence-electron chi connectivity index (χ1n) is 7.34. The van der Waals surface area contributed by atoms with Gasteiger partial charge in [0.05, 0.1) is 11.1 Å². The topological polar surface area (TPSA) is 95.2 Å². The lowest BCUT2D eigenvalue weighted by atomic mass is 10.2. The Balaban J connectivity index is 1.77. The Morgan fingerprint density at radius 3 is 2.46 bits per heavy atom. The molecule has 0 unspecified atom stereocenters. The Bertz CT molecular complexity index is 987. The second-order valence-electron chi connectivity index (χ2n) is 5.30. The van der Waals surface area contributed by atoms with Gasteiger partial charge in [-0.2, -0.15) is 4.98 Å². The van der Waals surface area contributed by atoms with E-state index in [1.165, 1.54) is 30.5 Å². The largest absolute Gasteiger partial charge is 0.486 e. The van der Waals surface area contributed by atoms with E-state index in [0.717, 1.165) is 6.26 Å². The molecule has 0 amide bonds. The van der Waals surface area contributed by atoms with Crippen LogP contribution in [0.2, 0.25) is 0 Å². The number of ether oxygens (including phenoxy) is 1. The van der Waals surface area contributed by atoms with Gasteiger partial charge in [-0.15, -0.1) is 0 Å². The van der Waals surface area contributed by atoms with Crippen LogP contribution in [0.4, 0.5) is 8.78 Å². The normalized spacial score (nSPS) is 11.7. The van der Waals surface area contributed by atoms with Crippen molar-refractivity contribution in [2.45, 2.75) is 11.3 Å². The number of halogens is 2. The summed E-state index contributed by atoms with van der Waals surface area (Å²) in [6.45, 7) is -0.711. The van der Waals surface area contributed by atoms with Crippen LogP contribution in [0.15, 0.2) is 52.0 Å². The highest BCUT2D eigenvalue weighted by atomic mass is 32.2. The summed E-state index contributed by atoms with van der Waals surface area (Å²) in [4.78, 5) is 8.42. The Morgan fingerprint density at radius 1 is 1.15 bits per heavy atom. The molecule has 2 aromatic heterocycles. The van der Waals surface area contributed by atoms with E-state index in [2.05, 4.69) is 15.1 Å². The molecule has 26 heavy (non-hydrogen) atoms. The number of sulfone groups is 1. The van der Waals surface area contributed by atoms with Crippen molar-refractivity contribution in [2.75, 3.05) is 12.9 Å². The van der Waals surface area contributed by atoms with Gasteiger partial charge in [0.1, 0.15) is 18.1 Å². The van der Waals surface area contributed by atoms with E-state index in [9.17, 15) is 17.2 Å². The predicted octanol–water partition coefficient (Wildman–Crippen LogP) is 2.85. The minimum Gasteiger partial charge on any atom is -0.486 e. The van der Waals surface area contributed by atoms with E-state index < -0.39 is 22.9 Å². The van der Waals surface area contributed by atoms with E-state index in [1.807, 2.05) is 0 Å². The average Bonchev–Trinajstić information content (AvgIpc) is 3.10. The van der Waals surface area contributed by atoms with Crippen LogP contribution in [-0.4, -0.2) is 42.8 Å². The highest BCUT2D eigenvalue weighted by Gasteiger charge is 2.13. The minimum absolute atomic E-state index is 0.182. The number of hydrogen-bond donors (Lipinski definition) is 0. The second-order valence-corrected chi connectivity index (χ2v) is 7.32. The molecular weight excluding hydrogens is 368 g/mol. The molecule has 0 N–H and O–H groups in total. The third-order valence-electron chi connectivity index (χ3n) is 3.30. The number of pyridine rings is 1. The van der Waals surface area contributed by atoms with Crippen LogP contribution in [0, 0.1) is 0 Å². The quantitative estimate of drug-likeness (QED) is 0.648. The molecule has 0 aliphatic carbocycles. The summed E-state index contributed by atoms with van der Waals surface area (Å²) >= 11 is 0. The van der Waals surface area contributed by atoms with Crippen molar-refractivity contribution >= 4 is 9.84 Å². The number of nitrogens with zero attached hydrogens (tertiary/aromatic N) is 3. The van der Waals surface area contributed by atoms with E-state index in [1.54, 1.807) is 12.1 Å². The monoisotopic (exact) mass is 381 g/mol. The molecule has 1 aromatic carbocycles. The lowest BCUT2D eigenvalue weighted by molar-refractivity contribution is 0.0817. The molecule has 10 heteroatoms. The van der Waals surface area contributed by atoms with E-state index in [0.29, 0.717) is 11.3 Å². The molecular formula is C16H13F2N3O4S. The Kier molecular flexibility index (Phi) is 4.94. The van der Waals surface area contributed by atoms with Gasteiger partial charge in [0.15, 0.2) is 9.84 Å². The maximum atomic E-state index is 12.1. The molecule has 136 valence electrons. The summed E-state index contributed by atoms with van der Waals surface area (Å²) in [5.41, 5.74) is 0.921. The van der Waals surface area contributed by atoms with Gasteiger partial charge in [-0.05, 0) is 36.4 Å². The van der Waals surface area contributed by atoms with Crippen molar-refractivity contribution in [3.63, 3.8) is 0 Å². The van der Waals surface area contributed by atoms with E-state index in [4.69, 9.17) is 9.26 Å². The minimum atomic E-state index is -3.29. The molecule has 3 aromatic rings. The summed E-state index contributed by atoms with van der Waals surface area (Å²) in [6.07, 6.45) is -0.162. The number of rotatable bonds is 6. The third-order valence-corrected chi connectivity index (χ3v) is 4.43. The van der Waals surface area contributed by atoms with Gasteiger partial charge in [-0.1, -0.05) is 5.16 Å². The molecule has 0 radical (unpaired) electrons. The summed E-state index contributed by atoms with van der Waals surface area (Å²) in [5.74, 6) is 0.599. The van der Waals surface area contributed by atoms with Crippen molar-refractivity contribution in [2.24, 2.45) is 0 Å². The zero-order chi connectivity index (χ0) is 18.7. The van der Waals surface area contributed by atoms with Gasteiger partial charge >= 0.3 is 0 Å². The summed E-state index contributed by atoms with van der Waals surface area (Å²) in [6, 6.07) is 9.00. The van der Waals surface area contributed by atoms with Gasteiger partial charge < -0.3 is 9.26 Å². The van der Waals surface area contributed by atoms with Crippen molar-refractivity contribution in [3.8, 4) is 28.7 Å². The first kappa shape index (κ1) is 17.9. The molecule has 0 spiro atoms. The summed E-state index contributed by atoms with van der Waals surface area (Å²) in [7, 11) is -3.29. The lowest BCUT2D eigenvalue weighted by Crippen LogP contribution is -2.07. The molecule has 0 saturated carbocycles. The molecule has 0 atom stereocenters. The fourth-order valence-corrected chi connectivity index (χ4v) is 2.68. The van der Waals surface area contributed by atoms with Crippen LogP contribution >= 0.6 is 0 Å². The Hall–Kier alpha value is -2.88. The van der Waals surface area contributed by atoms with Gasteiger partial charge in [-0.3, -0.25) is 0 Å². The van der Waals surface area contributed by atoms with Crippen LogP contribution in [0.1, 0.15) is 0 Å². The smallest absolute Gasteiger partial charge is 0.272 e. The average molecular weight is 381 g/mol. The zero-order valence-corrected chi connectivity index (χ0v) is 14.3. The number of aromatic nitrogens is 3. The first-order chi connectivity index (χ1) is 12.3. The fraction of sp³-hybridized carbons (Fsp3) is 0.188. The number of benzene rings is 1. The van der Waals surface area contributed by atoms with Crippen LogP contribution in [0.3, 0.4) is 0 Å². The highest BCUT2D eigenvalue weighted by Crippen LogP contribution is 2.23.